The number of aryl methyl sites for hydroxylation is 2. The van der Waals surface area contributed by atoms with Crippen LogP contribution in [0.1, 0.15) is 32.6 Å². The van der Waals surface area contributed by atoms with Gasteiger partial charge in [0.1, 0.15) is 0 Å². The number of carbonyl (C=O) groups is 1. The zero-order valence-corrected chi connectivity index (χ0v) is 16.8. The molecule has 0 fully saturated rings. The highest BCUT2D eigenvalue weighted by atomic mass is 31.2. The van der Waals surface area contributed by atoms with E-state index in [4.69, 9.17) is 5.73 Å². The maximum atomic E-state index is 14.2. The molecule has 3 aromatic rings. The number of hydrogen-bond acceptors (Lipinski definition) is 3. The van der Waals surface area contributed by atoms with Crippen molar-refractivity contribution in [3.63, 3.8) is 0 Å². The second-order valence-corrected chi connectivity index (χ2v) is 9.67. The van der Waals surface area contributed by atoms with Crippen LogP contribution in [0.3, 0.4) is 0 Å². The van der Waals surface area contributed by atoms with Crippen molar-refractivity contribution in [1.29, 1.82) is 0 Å². The molecule has 27 heavy (non-hydrogen) atoms. The number of rotatable bonds is 5. The zero-order valence-electron chi connectivity index (χ0n) is 15.9. The smallest absolute Gasteiger partial charge is 0.226 e. The molecule has 0 saturated carbocycles. The quantitative estimate of drug-likeness (QED) is 0.490. The minimum absolute atomic E-state index is 0.198. The largest absolute Gasteiger partial charge is 0.398 e. The zero-order chi connectivity index (χ0) is 19.6. The monoisotopic (exact) mass is 377 g/mol. The predicted molar refractivity (Wildman–Crippen MR) is 113 cm³/mol. The minimum atomic E-state index is -3.39. The Bertz CT molecular complexity index is 1030. The van der Waals surface area contributed by atoms with E-state index in [2.05, 4.69) is 0 Å². The molecule has 0 aromatic heterocycles. The van der Waals surface area contributed by atoms with Crippen molar-refractivity contribution >= 4 is 23.7 Å². The van der Waals surface area contributed by atoms with Crippen molar-refractivity contribution in [3.05, 3.63) is 94.5 Å². The van der Waals surface area contributed by atoms with Gasteiger partial charge in [-0.3, -0.25) is 4.79 Å². The van der Waals surface area contributed by atoms with E-state index >= 15 is 0 Å². The van der Waals surface area contributed by atoms with Crippen LogP contribution in [0.15, 0.2) is 66.7 Å². The first-order valence-corrected chi connectivity index (χ1v) is 10.8. The van der Waals surface area contributed by atoms with E-state index in [1.807, 2.05) is 75.4 Å². The summed E-state index contributed by atoms with van der Waals surface area (Å²) >= 11 is 0. The first-order valence-electron chi connectivity index (χ1n) is 8.94. The van der Waals surface area contributed by atoms with Crippen LogP contribution in [-0.2, 0) is 10.7 Å². The molecule has 0 heterocycles. The molecule has 138 valence electrons. The molecular formula is C23H24NO2P. The summed E-state index contributed by atoms with van der Waals surface area (Å²) in [5.41, 5.74) is 10.3. The van der Waals surface area contributed by atoms with Crippen molar-refractivity contribution in [2.45, 2.75) is 26.9 Å². The SMILES string of the molecule is Cc1cc(C)c(C(=O)P(=O)(Cc2ccccc2)c2ccccc2)c(C)c1N. The lowest BCUT2D eigenvalue weighted by Gasteiger charge is -2.21. The van der Waals surface area contributed by atoms with E-state index < -0.39 is 7.14 Å². The van der Waals surface area contributed by atoms with Crippen LogP contribution < -0.4 is 11.0 Å². The van der Waals surface area contributed by atoms with Crippen LogP contribution in [0.2, 0.25) is 0 Å². The Balaban J connectivity index is 2.19. The Morgan fingerprint density at radius 3 is 2.04 bits per heavy atom. The molecule has 0 bridgehead atoms. The average Bonchev–Trinajstić information content (AvgIpc) is 2.67. The summed E-state index contributed by atoms with van der Waals surface area (Å²) in [7, 11) is -3.39. The van der Waals surface area contributed by atoms with E-state index in [1.54, 1.807) is 12.1 Å². The van der Waals surface area contributed by atoms with Crippen LogP contribution in [0, 0.1) is 20.8 Å². The lowest BCUT2D eigenvalue weighted by atomic mass is 9.98. The third kappa shape index (κ3) is 3.61. The molecule has 0 aliphatic rings. The maximum absolute atomic E-state index is 14.2. The van der Waals surface area contributed by atoms with Crippen molar-refractivity contribution in [3.8, 4) is 0 Å². The van der Waals surface area contributed by atoms with Gasteiger partial charge in [-0.05, 0) is 43.0 Å². The lowest BCUT2D eigenvalue weighted by molar-refractivity contribution is 0.107. The molecule has 0 amide bonds. The van der Waals surface area contributed by atoms with Crippen molar-refractivity contribution in [1.82, 2.24) is 0 Å². The van der Waals surface area contributed by atoms with E-state index in [0.717, 1.165) is 16.7 Å². The molecule has 3 nitrogen and oxygen atoms in total. The lowest BCUT2D eigenvalue weighted by Crippen LogP contribution is -2.17. The van der Waals surface area contributed by atoms with Crippen LogP contribution in [0.5, 0.6) is 0 Å². The standard InChI is InChI=1S/C23H24NO2P/c1-16-14-17(2)22(24)18(3)21(16)23(25)27(26,20-12-8-5-9-13-20)15-19-10-6-4-7-11-19/h4-14H,15,24H2,1-3H3. The van der Waals surface area contributed by atoms with Crippen LogP contribution in [0.4, 0.5) is 5.69 Å². The molecule has 0 saturated heterocycles. The normalized spacial score (nSPS) is 13.1. The van der Waals surface area contributed by atoms with Gasteiger partial charge < -0.3 is 10.3 Å². The Morgan fingerprint density at radius 2 is 1.44 bits per heavy atom. The van der Waals surface area contributed by atoms with Gasteiger partial charge in [-0.1, -0.05) is 66.7 Å². The van der Waals surface area contributed by atoms with Gasteiger partial charge in [0, 0.05) is 22.7 Å². The van der Waals surface area contributed by atoms with Gasteiger partial charge in [0.05, 0.1) is 0 Å². The summed E-state index contributed by atoms with van der Waals surface area (Å²) in [6.45, 7) is 5.63. The summed E-state index contributed by atoms with van der Waals surface area (Å²) in [4.78, 5) is 13.7. The number of carbonyl (C=O) groups excluding carboxylic acids is 1. The molecule has 0 spiro atoms. The summed E-state index contributed by atoms with van der Waals surface area (Å²) in [5.74, 6) is 0. The van der Waals surface area contributed by atoms with Gasteiger partial charge in [-0.2, -0.15) is 0 Å². The van der Waals surface area contributed by atoms with E-state index in [-0.39, 0.29) is 11.7 Å². The van der Waals surface area contributed by atoms with E-state index in [9.17, 15) is 9.36 Å². The fourth-order valence-corrected chi connectivity index (χ4v) is 6.14. The van der Waals surface area contributed by atoms with Gasteiger partial charge in [0.15, 0.2) is 7.14 Å². The Morgan fingerprint density at radius 1 is 0.889 bits per heavy atom. The first kappa shape index (κ1) is 19.1. The van der Waals surface area contributed by atoms with Gasteiger partial charge in [0.2, 0.25) is 5.52 Å². The van der Waals surface area contributed by atoms with E-state index in [1.165, 1.54) is 0 Å². The number of anilines is 1. The third-order valence-electron chi connectivity index (χ3n) is 4.99. The molecule has 0 radical (unpaired) electrons. The molecule has 4 heteroatoms. The highest BCUT2D eigenvalue weighted by Gasteiger charge is 2.36. The van der Waals surface area contributed by atoms with Gasteiger partial charge in [-0.15, -0.1) is 0 Å². The van der Waals surface area contributed by atoms with Crippen molar-refractivity contribution in [2.24, 2.45) is 0 Å². The molecule has 0 aliphatic heterocycles. The minimum Gasteiger partial charge on any atom is -0.398 e. The second kappa shape index (κ2) is 7.54. The molecular weight excluding hydrogens is 353 g/mol. The number of benzene rings is 3. The van der Waals surface area contributed by atoms with E-state index in [0.29, 0.717) is 22.1 Å². The van der Waals surface area contributed by atoms with Gasteiger partial charge in [0.25, 0.3) is 0 Å². The third-order valence-corrected chi connectivity index (χ3v) is 7.82. The van der Waals surface area contributed by atoms with Gasteiger partial charge in [-0.25, -0.2) is 0 Å². The molecule has 1 atom stereocenters. The predicted octanol–water partition coefficient (Wildman–Crippen LogP) is 5.22. The number of nitrogen functional groups attached to an aromatic ring is 1. The highest BCUT2D eigenvalue weighted by Crippen LogP contribution is 2.52. The maximum Gasteiger partial charge on any atom is 0.226 e. The second-order valence-electron chi connectivity index (χ2n) is 6.95. The summed E-state index contributed by atoms with van der Waals surface area (Å²) in [6.07, 6.45) is 0.198. The Hall–Kier alpha value is -2.64. The topological polar surface area (TPSA) is 60.2 Å². The molecule has 1 unspecified atom stereocenters. The van der Waals surface area contributed by atoms with Crippen LogP contribution in [0.25, 0.3) is 0 Å². The fraction of sp³-hybridized carbons (Fsp3) is 0.174. The summed E-state index contributed by atoms with van der Waals surface area (Å²) in [6, 6.07) is 20.5. The number of hydrogen-bond donors (Lipinski definition) is 1. The molecule has 2 N–H and O–H groups in total. The van der Waals surface area contributed by atoms with Crippen LogP contribution in [-0.4, -0.2) is 5.52 Å². The molecule has 3 aromatic carbocycles. The van der Waals surface area contributed by atoms with Gasteiger partial charge >= 0.3 is 0 Å². The summed E-state index contributed by atoms with van der Waals surface area (Å²) < 4.78 is 14.2. The highest BCUT2D eigenvalue weighted by molar-refractivity contribution is 7.86. The Labute approximate surface area is 160 Å². The van der Waals surface area contributed by atoms with Crippen molar-refractivity contribution < 1.29 is 9.36 Å². The summed E-state index contributed by atoms with van der Waals surface area (Å²) in [5, 5.41) is 0.580. The molecule has 3 rings (SSSR count). The number of nitrogens with two attached hydrogens (primary N) is 1. The van der Waals surface area contributed by atoms with Crippen molar-refractivity contribution in [2.75, 3.05) is 5.73 Å². The van der Waals surface area contributed by atoms with Crippen LogP contribution >= 0.6 is 7.14 Å². The first-order chi connectivity index (χ1) is 12.8. The molecule has 0 aliphatic carbocycles. The fourth-order valence-electron chi connectivity index (χ4n) is 3.50. The Kier molecular flexibility index (Phi) is 5.34. The average molecular weight is 377 g/mol.